The van der Waals surface area contributed by atoms with Crippen molar-refractivity contribution in [1.82, 2.24) is 101 Å². The van der Waals surface area contributed by atoms with Gasteiger partial charge in [-0.3, -0.25) is 110 Å². The summed E-state index contributed by atoms with van der Waals surface area (Å²) in [7, 11) is 0. The summed E-state index contributed by atoms with van der Waals surface area (Å²) >= 11 is 0. The highest BCUT2D eigenvalue weighted by Crippen LogP contribution is 2.26. The number of carbonyl (C=O) groups excluding carboxylic acids is 23. The van der Waals surface area contributed by atoms with Crippen LogP contribution in [-0.2, 0) is 117 Å². The van der Waals surface area contributed by atoms with Crippen molar-refractivity contribution in [3.05, 3.63) is 35.9 Å². The third-order valence-corrected chi connectivity index (χ3v) is 22.7. The monoisotopic (exact) mass is 1950 g/mol. The van der Waals surface area contributed by atoms with Gasteiger partial charge in [-0.25, -0.2) is 0 Å². The highest BCUT2D eigenvalue weighted by Gasteiger charge is 2.48. The highest BCUT2D eigenvalue weighted by atomic mass is 16.3. The van der Waals surface area contributed by atoms with Crippen LogP contribution in [0, 0.1) is 23.7 Å². The van der Waals surface area contributed by atoms with Gasteiger partial charge in [-0.2, -0.15) is 0 Å². The van der Waals surface area contributed by atoms with Crippen LogP contribution in [0.15, 0.2) is 30.3 Å². The maximum absolute atomic E-state index is 14.6. The van der Waals surface area contributed by atoms with Crippen LogP contribution in [0.2, 0.25) is 0 Å². The molecule has 22 amide bonds. The molecule has 1 aliphatic rings. The Labute approximate surface area is 806 Å². The predicted molar refractivity (Wildman–Crippen MR) is 505 cm³/mol. The van der Waals surface area contributed by atoms with Gasteiger partial charge >= 0.3 is 0 Å². The molecule has 1 aliphatic heterocycles. The molecule has 0 aliphatic carbocycles. The number of nitrogens with one attached hydrogen (secondary N) is 18. The van der Waals surface area contributed by atoms with Gasteiger partial charge in [0.25, 0.3) is 0 Å². The Kier molecular flexibility index (Phi) is 44.8. The Morgan fingerprint density at radius 2 is 0.761 bits per heavy atom. The van der Waals surface area contributed by atoms with Gasteiger partial charge in [0.2, 0.25) is 130 Å². The average Bonchev–Trinajstić information content (AvgIpc) is 1.56. The molecule has 1 aromatic carbocycles. The smallest absolute Gasteiger partial charge is 0.248 e. The van der Waals surface area contributed by atoms with E-state index in [9.17, 15) is 115 Å². The number of Topliss-reactive ketones (excluding diaryl/α,β-unsaturated/α-hetero) is 1. The molecule has 10 atom stereocenters. The van der Waals surface area contributed by atoms with Gasteiger partial charge in [-0.05, 0) is 207 Å². The highest BCUT2D eigenvalue weighted by molar-refractivity contribution is 6.05. The van der Waals surface area contributed by atoms with Crippen LogP contribution in [-0.4, -0.2) is 270 Å². The molecule has 138 heavy (non-hydrogen) atoms. The Morgan fingerprint density at radius 1 is 0.391 bits per heavy atom. The molecule has 0 radical (unpaired) electrons. The van der Waals surface area contributed by atoms with Gasteiger partial charge < -0.3 is 123 Å². The van der Waals surface area contributed by atoms with E-state index in [1.54, 1.807) is 71.9 Å². The van der Waals surface area contributed by atoms with Crippen molar-refractivity contribution in [1.29, 1.82) is 0 Å². The molecule has 0 bridgehead atoms. The lowest BCUT2D eigenvalue weighted by molar-refractivity contribution is -0.146. The summed E-state index contributed by atoms with van der Waals surface area (Å²) < 4.78 is 0. The van der Waals surface area contributed by atoms with Crippen LogP contribution in [0.4, 0.5) is 0 Å². The second-order valence-corrected chi connectivity index (χ2v) is 41.1. The van der Waals surface area contributed by atoms with Gasteiger partial charge in [0.1, 0.15) is 92.1 Å². The zero-order valence-electron chi connectivity index (χ0n) is 84.8. The van der Waals surface area contributed by atoms with Gasteiger partial charge in [0, 0.05) is 45.1 Å². The molecule has 0 aromatic heterocycles. The van der Waals surface area contributed by atoms with Gasteiger partial charge in [0.15, 0.2) is 5.78 Å². The minimum Gasteiger partial charge on any atom is -0.394 e. The lowest BCUT2D eigenvalue weighted by atomic mass is 9.90. The molecule has 2 rings (SSSR count). The second kappa shape index (κ2) is 51.0. The van der Waals surface area contributed by atoms with E-state index in [0.29, 0.717) is 6.42 Å². The SMILES string of the molecule is CC(=O)NC(C)(C)C(=O)N[C@@H](C)C(=O)NC(C)(C)C(=O)N[C@H](C)C(=O)NC(C)(C)C(=O)NC(C)(C)C(=O)N[C@H](CCC(N)=O)C(=O)NC(C)(C)C(=O)N[C@H](C(=O)NC(C)(C)C(=O)NCC(=O)N[C@H](CC(C)C)C(=O)NC(C)(C)C(=O)N1CCC[C@H]1C(=O)N[C@H](C(=O)NC(C)(C)C(=O)NC(C)(C)C(=O)N[C@H](CCC(N)=O)C(=O)C[C@H](CCC(N)=O)C(=O)N[C@@H](CO)Cc1ccccc1)C(C)C)C(C)C. The number of nitrogens with zero attached hydrogens (tertiary/aromatic N) is 1. The molecule has 0 unspecified atom stereocenters. The van der Waals surface area contributed by atoms with E-state index in [0.717, 1.165) is 5.56 Å². The van der Waals surface area contributed by atoms with E-state index in [-0.39, 0.29) is 51.0 Å². The Bertz CT molecular complexity index is 4650. The van der Waals surface area contributed by atoms with E-state index < -0.39 is 297 Å². The lowest BCUT2D eigenvalue weighted by Crippen LogP contribution is -2.67. The average molecular weight is 1950 g/mol. The first-order valence-electron chi connectivity index (χ1n) is 45.9. The Balaban J connectivity index is 2.18. The summed E-state index contributed by atoms with van der Waals surface area (Å²) in [5.41, 5.74) is 1.11. The number of hydrogen-bond acceptors (Lipinski definition) is 24. The Morgan fingerprint density at radius 3 is 1.20 bits per heavy atom. The lowest BCUT2D eigenvalue weighted by Gasteiger charge is -2.36. The number of ketones is 1. The maximum Gasteiger partial charge on any atom is 0.248 e. The topological polar surface area (TPSA) is 711 Å². The van der Waals surface area contributed by atoms with Crippen LogP contribution in [0.3, 0.4) is 0 Å². The quantitative estimate of drug-likeness (QED) is 0.0296. The molecule has 46 nitrogen and oxygen atoms in total. The molecule has 1 fully saturated rings. The van der Waals surface area contributed by atoms with Crippen molar-refractivity contribution in [2.75, 3.05) is 19.7 Å². The summed E-state index contributed by atoms with van der Waals surface area (Å²) in [6.07, 6.45) is -2.06. The minimum absolute atomic E-state index is 0.00740. The molecule has 0 spiro atoms. The summed E-state index contributed by atoms with van der Waals surface area (Å²) in [6, 6.07) is -2.77. The minimum atomic E-state index is -1.92. The number of likely N-dealkylation sites (tertiary alicyclic amines) is 1. The first kappa shape index (κ1) is 121. The van der Waals surface area contributed by atoms with E-state index >= 15 is 0 Å². The van der Waals surface area contributed by atoms with Gasteiger partial charge in [-0.15, -0.1) is 0 Å². The normalized spacial score (nSPS) is 15.2. The van der Waals surface area contributed by atoms with E-state index in [4.69, 9.17) is 17.2 Å². The van der Waals surface area contributed by atoms with Gasteiger partial charge in [-0.1, -0.05) is 71.9 Å². The van der Waals surface area contributed by atoms with Crippen molar-refractivity contribution in [3.63, 3.8) is 0 Å². The number of aliphatic hydroxyl groups excluding tert-OH is 1. The summed E-state index contributed by atoms with van der Waals surface area (Å²) in [6.45, 7) is 36.1. The van der Waals surface area contributed by atoms with Gasteiger partial charge in [0.05, 0.1) is 25.2 Å². The van der Waals surface area contributed by atoms with Crippen LogP contribution >= 0.6 is 0 Å². The van der Waals surface area contributed by atoms with E-state index in [1.165, 1.54) is 150 Å². The summed E-state index contributed by atoms with van der Waals surface area (Å²) in [5.74, 6) is -22.1. The van der Waals surface area contributed by atoms with Crippen molar-refractivity contribution < 1.29 is 115 Å². The van der Waals surface area contributed by atoms with E-state index in [1.807, 2.05) is 0 Å². The van der Waals surface area contributed by atoms with Crippen LogP contribution in [0.25, 0.3) is 0 Å². The zero-order chi connectivity index (χ0) is 107. The third-order valence-electron chi connectivity index (χ3n) is 22.7. The summed E-state index contributed by atoms with van der Waals surface area (Å²) in [5, 5.41) is 56.0. The third kappa shape index (κ3) is 38.6. The number of amides is 22. The van der Waals surface area contributed by atoms with Crippen molar-refractivity contribution >= 4 is 136 Å². The number of benzene rings is 1. The first-order valence-corrected chi connectivity index (χ1v) is 45.9. The van der Waals surface area contributed by atoms with Crippen LogP contribution in [0.5, 0.6) is 0 Å². The molecule has 25 N–H and O–H groups in total. The first-order chi connectivity index (χ1) is 63.0. The van der Waals surface area contributed by atoms with Crippen molar-refractivity contribution in [2.45, 2.75) is 362 Å². The van der Waals surface area contributed by atoms with E-state index in [2.05, 4.69) is 95.7 Å². The number of nitrogens with two attached hydrogens (primary N) is 3. The zero-order valence-corrected chi connectivity index (χ0v) is 84.8. The molecule has 46 heteroatoms. The Hall–Kier alpha value is -12.8. The molecule has 0 saturated carbocycles. The fraction of sp³-hybridized carbons (Fsp3) is 0.685. The van der Waals surface area contributed by atoms with Crippen LogP contribution in [0.1, 0.15) is 257 Å². The number of primary amides is 3. The summed E-state index contributed by atoms with van der Waals surface area (Å²) in [4.78, 5) is 313. The number of hydrogen-bond donors (Lipinski definition) is 22. The standard InChI is InChI=1S/C92H152N22O24/c1-47(2)42-58(71(126)109-92(26,27)83(138)114-41-31-34-59(114)72(127)103-65(48(3)4)73(128)111-91(24,25)82(137)113-88(18,19)78(133)101-56(36-39-62(94)119)60(117)44-54(35-38-61(93)118)69(124)99-55(46-115)43-53-32-29-28-30-33-53)100-64(121)45-96-75(130)84(10,11)110-74(129)66(49(5)6)104-80(135)87(16,17)108-70(125)57(37-40-63(95)120)102-79(134)89(20,21)112-81(136)90(22,23)107-68(123)51(8)98-77(132)86(14,15)106-67(122)50(7)97-76(131)85(12,13)105-52(9)116/h28-30,32-33,47-51,54-59,65-66,115H,31,34-46H2,1-27H3,(H2,93,118)(H2,94,119)(H2,95,120)(H,96,130)(H,97,131)(H,98,132)(H,99,124)(H,100,121)(H,101,133)(H,102,134)(H,103,127)(H,104,135)(H,105,116)(H,106,122)(H,107,123)(H,108,125)(H,109,126)(H,110,129)(H,111,128)(H,112,136)(H,113,137)/t50-,51+,54-,55+,56+,57+,58+,59-,65-,66-/m0/s1. The maximum atomic E-state index is 14.6. The molecule has 1 aromatic rings. The number of carbonyl (C=O) groups is 23. The van der Waals surface area contributed by atoms with Crippen molar-refractivity contribution in [3.8, 4) is 0 Å². The number of rotatable bonds is 55. The molecular weight excluding hydrogens is 1800 g/mol. The van der Waals surface area contributed by atoms with Crippen molar-refractivity contribution in [2.24, 2.45) is 40.9 Å². The second-order valence-electron chi connectivity index (χ2n) is 41.1. The molecule has 774 valence electrons. The largest absolute Gasteiger partial charge is 0.394 e. The molecule has 1 saturated heterocycles. The fourth-order valence-corrected chi connectivity index (χ4v) is 14.0. The molecular formula is C92H152N22O24. The number of aliphatic hydroxyl groups is 1. The fourth-order valence-electron chi connectivity index (χ4n) is 14.0. The van der Waals surface area contributed by atoms with Crippen LogP contribution < -0.4 is 113 Å². The predicted octanol–water partition coefficient (Wildman–Crippen LogP) is -3.95. The molecule has 1 heterocycles.